The molecule has 6 nitrogen and oxygen atoms in total. The maximum absolute atomic E-state index is 13.5. The molecule has 2 amide bonds. The molecule has 2 unspecified atom stereocenters. The molecular formula is C24H22N2O4S. The molecule has 31 heavy (non-hydrogen) atoms. The van der Waals surface area contributed by atoms with E-state index in [9.17, 15) is 14.4 Å². The standard InChI is InChI=1S/C24H22N2O4S/c1-3-30-24(29)15-10-12-16(13-11-15)25-22(27)20-17-7-4-5-8-18(17)23(28)26(2)21(20)19-9-6-14-31-19/h4-14,20-21H,3H2,1-2H3,(H,25,27). The van der Waals surface area contributed by atoms with Crippen LogP contribution in [0.4, 0.5) is 5.69 Å². The average Bonchev–Trinajstić information content (AvgIpc) is 3.31. The number of rotatable bonds is 5. The number of nitrogens with one attached hydrogen (secondary N) is 1. The molecule has 2 atom stereocenters. The van der Waals surface area contributed by atoms with Gasteiger partial charge in [-0.15, -0.1) is 11.3 Å². The van der Waals surface area contributed by atoms with Gasteiger partial charge in [-0.2, -0.15) is 0 Å². The third-order valence-corrected chi connectivity index (χ3v) is 6.30. The molecule has 0 saturated carbocycles. The molecule has 0 bridgehead atoms. The van der Waals surface area contributed by atoms with Crippen LogP contribution in [0.5, 0.6) is 0 Å². The Bertz CT molecular complexity index is 1110. The number of carbonyl (C=O) groups excluding carboxylic acids is 3. The smallest absolute Gasteiger partial charge is 0.338 e. The number of hydrogen-bond acceptors (Lipinski definition) is 5. The predicted octanol–water partition coefficient (Wildman–Crippen LogP) is 4.47. The summed E-state index contributed by atoms with van der Waals surface area (Å²) in [6.07, 6.45) is 0. The third-order valence-electron chi connectivity index (χ3n) is 5.36. The molecule has 1 N–H and O–H groups in total. The largest absolute Gasteiger partial charge is 0.462 e. The van der Waals surface area contributed by atoms with Gasteiger partial charge in [-0.1, -0.05) is 24.3 Å². The molecule has 158 valence electrons. The van der Waals surface area contributed by atoms with E-state index in [2.05, 4.69) is 5.32 Å². The Morgan fingerprint density at radius 2 is 1.81 bits per heavy atom. The lowest BCUT2D eigenvalue weighted by Crippen LogP contribution is -2.43. The van der Waals surface area contributed by atoms with Crippen molar-refractivity contribution in [1.29, 1.82) is 0 Å². The van der Waals surface area contributed by atoms with Gasteiger partial charge in [0, 0.05) is 23.2 Å². The van der Waals surface area contributed by atoms with Crippen LogP contribution in [0, 0.1) is 0 Å². The van der Waals surface area contributed by atoms with Crippen molar-refractivity contribution in [1.82, 2.24) is 4.90 Å². The van der Waals surface area contributed by atoms with E-state index in [0.717, 1.165) is 4.88 Å². The maximum Gasteiger partial charge on any atom is 0.338 e. The van der Waals surface area contributed by atoms with Crippen molar-refractivity contribution < 1.29 is 19.1 Å². The van der Waals surface area contributed by atoms with Gasteiger partial charge >= 0.3 is 5.97 Å². The molecule has 0 saturated heterocycles. The zero-order chi connectivity index (χ0) is 22.0. The summed E-state index contributed by atoms with van der Waals surface area (Å²) in [5, 5.41) is 4.90. The number of anilines is 1. The number of hydrogen-bond donors (Lipinski definition) is 1. The molecule has 0 aliphatic carbocycles. The van der Waals surface area contributed by atoms with E-state index in [0.29, 0.717) is 29.0 Å². The lowest BCUT2D eigenvalue weighted by molar-refractivity contribution is -0.119. The summed E-state index contributed by atoms with van der Waals surface area (Å²) in [5.74, 6) is -1.28. The van der Waals surface area contributed by atoms with Gasteiger partial charge in [0.25, 0.3) is 5.91 Å². The van der Waals surface area contributed by atoms with Crippen LogP contribution in [0.2, 0.25) is 0 Å². The first-order chi connectivity index (χ1) is 15.0. The first kappa shape index (κ1) is 20.8. The number of carbonyl (C=O) groups is 3. The quantitative estimate of drug-likeness (QED) is 0.601. The minimum Gasteiger partial charge on any atom is -0.462 e. The van der Waals surface area contributed by atoms with E-state index >= 15 is 0 Å². The minimum atomic E-state index is -0.567. The molecule has 0 fully saturated rings. The molecule has 0 spiro atoms. The Morgan fingerprint density at radius 1 is 1.06 bits per heavy atom. The van der Waals surface area contributed by atoms with Crippen molar-refractivity contribution in [2.45, 2.75) is 18.9 Å². The number of fused-ring (bicyclic) bond motifs is 1. The first-order valence-corrected chi connectivity index (χ1v) is 10.9. The monoisotopic (exact) mass is 434 g/mol. The molecular weight excluding hydrogens is 412 g/mol. The van der Waals surface area contributed by atoms with Gasteiger partial charge in [0.05, 0.1) is 24.1 Å². The van der Waals surface area contributed by atoms with Gasteiger partial charge < -0.3 is 15.0 Å². The average molecular weight is 435 g/mol. The van der Waals surface area contributed by atoms with Crippen molar-refractivity contribution in [3.05, 3.63) is 87.6 Å². The van der Waals surface area contributed by atoms with Crippen LogP contribution in [0.15, 0.2) is 66.0 Å². The SMILES string of the molecule is CCOC(=O)c1ccc(NC(=O)C2c3ccccc3C(=O)N(C)C2c2cccs2)cc1. The van der Waals surface area contributed by atoms with E-state index in [1.165, 1.54) is 11.3 Å². The summed E-state index contributed by atoms with van der Waals surface area (Å²) in [5.41, 5.74) is 2.24. The van der Waals surface area contributed by atoms with Crippen molar-refractivity contribution in [2.24, 2.45) is 0 Å². The summed E-state index contributed by atoms with van der Waals surface area (Å²) in [7, 11) is 1.73. The number of thiophene rings is 1. The molecule has 3 aromatic rings. The Labute approximate surface area is 184 Å². The summed E-state index contributed by atoms with van der Waals surface area (Å²) in [4.78, 5) is 40.9. The molecule has 2 aromatic carbocycles. The molecule has 1 aliphatic heterocycles. The van der Waals surface area contributed by atoms with Gasteiger partial charge in [0.2, 0.25) is 5.91 Å². The number of benzene rings is 2. The van der Waals surface area contributed by atoms with Crippen LogP contribution < -0.4 is 5.32 Å². The van der Waals surface area contributed by atoms with Gasteiger partial charge in [-0.25, -0.2) is 4.79 Å². The topological polar surface area (TPSA) is 75.7 Å². The molecule has 4 rings (SSSR count). The molecule has 0 radical (unpaired) electrons. The summed E-state index contributed by atoms with van der Waals surface area (Å²) >= 11 is 1.52. The highest BCUT2D eigenvalue weighted by atomic mass is 32.1. The second-order valence-corrected chi connectivity index (χ2v) is 8.21. The molecule has 7 heteroatoms. The van der Waals surface area contributed by atoms with Gasteiger partial charge in [0.1, 0.15) is 0 Å². The Morgan fingerprint density at radius 3 is 2.48 bits per heavy atom. The highest BCUT2D eigenvalue weighted by molar-refractivity contribution is 7.10. The lowest BCUT2D eigenvalue weighted by atomic mass is 9.81. The van der Waals surface area contributed by atoms with Crippen molar-refractivity contribution in [3.8, 4) is 0 Å². The van der Waals surface area contributed by atoms with Crippen molar-refractivity contribution in [3.63, 3.8) is 0 Å². The third kappa shape index (κ3) is 3.96. The fourth-order valence-corrected chi connectivity index (χ4v) is 4.80. The zero-order valence-corrected chi connectivity index (χ0v) is 18.0. The highest BCUT2D eigenvalue weighted by Gasteiger charge is 2.43. The number of likely N-dealkylation sites (N-methyl/N-ethyl adjacent to an activating group) is 1. The predicted molar refractivity (Wildman–Crippen MR) is 119 cm³/mol. The number of ether oxygens (including phenoxy) is 1. The highest BCUT2D eigenvalue weighted by Crippen LogP contribution is 2.43. The van der Waals surface area contributed by atoms with E-state index in [4.69, 9.17) is 4.74 Å². The van der Waals surface area contributed by atoms with Crippen LogP contribution in [-0.4, -0.2) is 36.3 Å². The fraction of sp³-hybridized carbons (Fsp3) is 0.208. The number of nitrogens with zero attached hydrogens (tertiary/aromatic N) is 1. The Kier molecular flexibility index (Phi) is 5.86. The van der Waals surface area contributed by atoms with E-state index in [1.807, 2.05) is 29.6 Å². The molecule has 1 aromatic heterocycles. The summed E-state index contributed by atoms with van der Waals surface area (Å²) in [6.45, 7) is 2.05. The van der Waals surface area contributed by atoms with E-state index < -0.39 is 17.9 Å². The van der Waals surface area contributed by atoms with Gasteiger partial charge in [0.15, 0.2) is 0 Å². The lowest BCUT2D eigenvalue weighted by Gasteiger charge is -2.39. The second kappa shape index (κ2) is 8.73. The summed E-state index contributed by atoms with van der Waals surface area (Å²) in [6, 6.07) is 17.3. The Hall–Kier alpha value is -3.45. The zero-order valence-electron chi connectivity index (χ0n) is 17.2. The van der Waals surface area contributed by atoms with Crippen LogP contribution in [-0.2, 0) is 9.53 Å². The number of esters is 1. The second-order valence-electron chi connectivity index (χ2n) is 7.23. The summed E-state index contributed by atoms with van der Waals surface area (Å²) < 4.78 is 5.00. The van der Waals surface area contributed by atoms with Crippen LogP contribution >= 0.6 is 11.3 Å². The van der Waals surface area contributed by atoms with Crippen LogP contribution in [0.1, 0.15) is 50.0 Å². The van der Waals surface area contributed by atoms with Crippen LogP contribution in [0.25, 0.3) is 0 Å². The van der Waals surface area contributed by atoms with Crippen LogP contribution in [0.3, 0.4) is 0 Å². The first-order valence-electron chi connectivity index (χ1n) is 9.98. The van der Waals surface area contributed by atoms with Crippen molar-refractivity contribution >= 4 is 34.8 Å². The minimum absolute atomic E-state index is 0.100. The van der Waals surface area contributed by atoms with Gasteiger partial charge in [-0.3, -0.25) is 9.59 Å². The maximum atomic E-state index is 13.5. The molecule has 2 heterocycles. The normalized spacial score (nSPS) is 17.7. The van der Waals surface area contributed by atoms with Crippen molar-refractivity contribution in [2.75, 3.05) is 19.0 Å². The number of amides is 2. The fourth-order valence-electron chi connectivity index (χ4n) is 3.90. The molecule has 1 aliphatic rings. The Balaban J connectivity index is 1.66. The van der Waals surface area contributed by atoms with E-state index in [-0.39, 0.29) is 11.8 Å². The van der Waals surface area contributed by atoms with E-state index in [1.54, 1.807) is 55.3 Å². The van der Waals surface area contributed by atoms with Gasteiger partial charge in [-0.05, 0) is 54.3 Å².